The van der Waals surface area contributed by atoms with E-state index in [-0.39, 0.29) is 6.61 Å². The number of carbonyl (C=O) groups is 1. The van der Waals surface area contributed by atoms with Gasteiger partial charge >= 0.3 is 5.97 Å². The number of ether oxygens (including phenoxy) is 1. The summed E-state index contributed by atoms with van der Waals surface area (Å²) in [5, 5.41) is 9.04. The van der Waals surface area contributed by atoms with Crippen LogP contribution in [0, 0.1) is 10.1 Å². The summed E-state index contributed by atoms with van der Waals surface area (Å²) in [5.41, 5.74) is 1.00. The summed E-state index contributed by atoms with van der Waals surface area (Å²) in [7, 11) is 1.28. The average Bonchev–Trinajstić information content (AvgIpc) is 2.26. The first-order valence-electron chi connectivity index (χ1n) is 4.08. The highest BCUT2D eigenvalue weighted by Crippen LogP contribution is 2.06. The van der Waals surface area contributed by atoms with Crippen molar-refractivity contribution in [2.24, 2.45) is 0 Å². The Labute approximate surface area is 85.5 Å². The first kappa shape index (κ1) is 11.0. The molecule has 0 aliphatic heterocycles. The Morgan fingerprint density at radius 2 is 2.00 bits per heavy atom. The van der Waals surface area contributed by atoms with Crippen LogP contribution < -0.4 is 0 Å². The molecule has 0 heterocycles. The predicted octanol–water partition coefficient (Wildman–Crippen LogP) is 1.18. The fourth-order valence-electron chi connectivity index (χ4n) is 0.982. The normalized spacial score (nSPS) is 9.40. The van der Waals surface area contributed by atoms with Crippen LogP contribution in [0.2, 0.25) is 0 Å². The van der Waals surface area contributed by atoms with Crippen LogP contribution >= 0.6 is 0 Å². The van der Waals surface area contributed by atoms with Gasteiger partial charge < -0.3 is 9.57 Å². The number of rotatable bonds is 4. The van der Waals surface area contributed by atoms with Crippen molar-refractivity contribution in [1.82, 2.24) is 0 Å². The van der Waals surface area contributed by atoms with Crippen molar-refractivity contribution in [3.8, 4) is 0 Å². The van der Waals surface area contributed by atoms with Crippen LogP contribution in [0.1, 0.15) is 15.9 Å². The first-order chi connectivity index (χ1) is 7.13. The van der Waals surface area contributed by atoms with Crippen molar-refractivity contribution >= 4 is 5.97 Å². The molecule has 1 aromatic rings. The van der Waals surface area contributed by atoms with Crippen LogP contribution in [-0.4, -0.2) is 18.2 Å². The zero-order chi connectivity index (χ0) is 11.3. The van der Waals surface area contributed by atoms with E-state index in [0.717, 1.165) is 0 Å². The lowest BCUT2D eigenvalue weighted by molar-refractivity contribution is -0.763. The highest BCUT2D eigenvalue weighted by atomic mass is 16.9. The van der Waals surface area contributed by atoms with Gasteiger partial charge in [0, 0.05) is 0 Å². The molecule has 0 unspecified atom stereocenters. The molecule has 0 bridgehead atoms. The molecule has 0 spiro atoms. The minimum absolute atomic E-state index is 0.131. The van der Waals surface area contributed by atoms with Crippen LogP contribution in [0.5, 0.6) is 0 Å². The van der Waals surface area contributed by atoms with Gasteiger partial charge in [0.05, 0.1) is 12.7 Å². The van der Waals surface area contributed by atoms with Gasteiger partial charge in [0.1, 0.15) is 6.61 Å². The fourth-order valence-corrected chi connectivity index (χ4v) is 0.982. The van der Waals surface area contributed by atoms with E-state index in [9.17, 15) is 14.9 Å². The zero-order valence-corrected chi connectivity index (χ0v) is 8.00. The van der Waals surface area contributed by atoms with Crippen LogP contribution in [-0.2, 0) is 16.2 Å². The lowest BCUT2D eigenvalue weighted by Gasteiger charge is -2.01. The predicted molar refractivity (Wildman–Crippen MR) is 49.6 cm³/mol. The van der Waals surface area contributed by atoms with Crippen LogP contribution in [0.25, 0.3) is 0 Å². The van der Waals surface area contributed by atoms with E-state index in [1.54, 1.807) is 12.1 Å². The first-order valence-corrected chi connectivity index (χ1v) is 4.08. The van der Waals surface area contributed by atoms with Crippen molar-refractivity contribution < 1.29 is 19.5 Å². The average molecular weight is 211 g/mol. The second-order valence-corrected chi connectivity index (χ2v) is 2.69. The number of benzene rings is 1. The van der Waals surface area contributed by atoms with Gasteiger partial charge in [0.15, 0.2) is 0 Å². The molecular formula is C9H9NO5. The molecule has 0 N–H and O–H groups in total. The van der Waals surface area contributed by atoms with E-state index < -0.39 is 11.1 Å². The van der Waals surface area contributed by atoms with E-state index >= 15 is 0 Å². The number of nitrogens with zero attached hydrogens (tertiary/aromatic N) is 1. The van der Waals surface area contributed by atoms with E-state index in [2.05, 4.69) is 9.57 Å². The molecule has 0 aliphatic rings. The van der Waals surface area contributed by atoms with Gasteiger partial charge in [0.2, 0.25) is 0 Å². The Bertz CT molecular complexity index is 359. The summed E-state index contributed by atoms with van der Waals surface area (Å²) in [6.07, 6.45) is 0. The molecule has 1 rings (SSSR count). The SMILES string of the molecule is COC(=O)c1ccc(CO[N+](=O)[O-])cc1. The molecule has 0 saturated carbocycles. The maximum atomic E-state index is 11.0. The molecule has 0 saturated heterocycles. The Morgan fingerprint density at radius 3 is 2.47 bits per heavy atom. The number of methoxy groups -OCH3 is 1. The van der Waals surface area contributed by atoms with Gasteiger partial charge in [-0.1, -0.05) is 12.1 Å². The van der Waals surface area contributed by atoms with E-state index in [0.29, 0.717) is 11.1 Å². The van der Waals surface area contributed by atoms with E-state index in [4.69, 9.17) is 0 Å². The van der Waals surface area contributed by atoms with Gasteiger partial charge in [-0.2, -0.15) is 0 Å². The van der Waals surface area contributed by atoms with Crippen molar-refractivity contribution in [3.63, 3.8) is 0 Å². The van der Waals surface area contributed by atoms with Crippen molar-refractivity contribution in [3.05, 3.63) is 45.5 Å². The Hall–Kier alpha value is -2.11. The minimum Gasteiger partial charge on any atom is -0.465 e. The molecule has 0 aliphatic carbocycles. The topological polar surface area (TPSA) is 78.7 Å². The molecule has 0 fully saturated rings. The molecule has 0 amide bonds. The highest BCUT2D eigenvalue weighted by molar-refractivity contribution is 5.89. The molecule has 0 aromatic heterocycles. The quantitative estimate of drug-likeness (QED) is 0.424. The van der Waals surface area contributed by atoms with Gasteiger partial charge in [-0.05, 0) is 17.7 Å². The number of esters is 1. The van der Waals surface area contributed by atoms with E-state index in [1.165, 1.54) is 19.2 Å². The van der Waals surface area contributed by atoms with Gasteiger partial charge in [-0.25, -0.2) is 4.79 Å². The second-order valence-electron chi connectivity index (χ2n) is 2.69. The summed E-state index contributed by atoms with van der Waals surface area (Å²) in [6, 6.07) is 6.17. The van der Waals surface area contributed by atoms with Gasteiger partial charge in [0.25, 0.3) is 5.09 Å². The Kier molecular flexibility index (Phi) is 3.61. The Morgan fingerprint density at radius 1 is 1.40 bits per heavy atom. The fraction of sp³-hybridized carbons (Fsp3) is 0.222. The van der Waals surface area contributed by atoms with Crippen molar-refractivity contribution in [1.29, 1.82) is 0 Å². The maximum absolute atomic E-state index is 11.0. The number of carbonyl (C=O) groups excluding carboxylic acids is 1. The second kappa shape index (κ2) is 4.94. The third-order valence-corrected chi connectivity index (χ3v) is 1.71. The smallest absolute Gasteiger partial charge is 0.337 e. The molecular weight excluding hydrogens is 202 g/mol. The molecule has 1 aromatic carbocycles. The summed E-state index contributed by atoms with van der Waals surface area (Å²) in [5.74, 6) is -0.447. The standard InChI is InChI=1S/C9H9NO5/c1-14-9(11)8-4-2-7(3-5-8)6-15-10(12)13/h2-5H,6H2,1H3. The van der Waals surface area contributed by atoms with Gasteiger partial charge in [-0.15, -0.1) is 10.1 Å². The lowest BCUT2D eigenvalue weighted by atomic mass is 10.1. The number of hydrogen-bond donors (Lipinski definition) is 0. The third kappa shape index (κ3) is 3.26. The van der Waals surface area contributed by atoms with Crippen LogP contribution in [0.4, 0.5) is 0 Å². The van der Waals surface area contributed by atoms with Crippen molar-refractivity contribution in [2.75, 3.05) is 7.11 Å². The van der Waals surface area contributed by atoms with Crippen LogP contribution in [0.3, 0.4) is 0 Å². The molecule has 0 radical (unpaired) electrons. The molecule has 0 atom stereocenters. The van der Waals surface area contributed by atoms with Crippen molar-refractivity contribution in [2.45, 2.75) is 6.61 Å². The van der Waals surface area contributed by atoms with Gasteiger partial charge in [-0.3, -0.25) is 0 Å². The summed E-state index contributed by atoms with van der Waals surface area (Å²) in [4.78, 5) is 25.1. The molecule has 15 heavy (non-hydrogen) atoms. The molecule has 6 heteroatoms. The summed E-state index contributed by atoms with van der Waals surface area (Å²) < 4.78 is 4.50. The third-order valence-electron chi connectivity index (χ3n) is 1.71. The molecule has 80 valence electrons. The number of hydrogen-bond acceptors (Lipinski definition) is 5. The monoisotopic (exact) mass is 211 g/mol. The summed E-state index contributed by atoms with van der Waals surface area (Å²) in [6.45, 7) is -0.131. The van der Waals surface area contributed by atoms with E-state index in [1.807, 2.05) is 0 Å². The minimum atomic E-state index is -0.867. The zero-order valence-electron chi connectivity index (χ0n) is 8.00. The summed E-state index contributed by atoms with van der Waals surface area (Å²) >= 11 is 0. The van der Waals surface area contributed by atoms with Crippen LogP contribution in [0.15, 0.2) is 24.3 Å². The lowest BCUT2D eigenvalue weighted by Crippen LogP contribution is -2.03. The highest BCUT2D eigenvalue weighted by Gasteiger charge is 2.04. The molecule has 6 nitrogen and oxygen atoms in total. The Balaban J connectivity index is 2.64. The largest absolute Gasteiger partial charge is 0.465 e. The maximum Gasteiger partial charge on any atom is 0.337 e.